The smallest absolute Gasteiger partial charge is 0.152 e. The second-order valence-electron chi connectivity index (χ2n) is 3.07. The molecule has 82 valence electrons. The molecule has 0 aromatic carbocycles. The Morgan fingerprint density at radius 3 is 2.86 bits per heavy atom. The Morgan fingerprint density at radius 2 is 2.29 bits per heavy atom. The van der Waals surface area contributed by atoms with Gasteiger partial charge in [0, 0.05) is 6.61 Å². The van der Waals surface area contributed by atoms with Gasteiger partial charge in [0.05, 0.1) is 13.2 Å². The highest BCUT2D eigenvalue weighted by atomic mass is 16.5. The van der Waals surface area contributed by atoms with Gasteiger partial charge in [0.2, 0.25) is 0 Å². The molecule has 4 nitrogen and oxygen atoms in total. The van der Waals surface area contributed by atoms with E-state index in [9.17, 15) is 4.79 Å². The van der Waals surface area contributed by atoms with Crippen molar-refractivity contribution in [2.75, 3.05) is 19.8 Å². The van der Waals surface area contributed by atoms with Crippen LogP contribution in [0.25, 0.3) is 0 Å². The highest BCUT2D eigenvalue weighted by Gasteiger charge is 1.99. The molecule has 14 heavy (non-hydrogen) atoms. The van der Waals surface area contributed by atoms with Crippen LogP contribution in [-0.4, -0.2) is 41.9 Å². The Bertz CT molecular complexity index is 177. The van der Waals surface area contributed by atoms with Crippen LogP contribution in [0.2, 0.25) is 0 Å². The van der Waals surface area contributed by atoms with E-state index >= 15 is 0 Å². The molecule has 0 radical (unpaired) electrons. The summed E-state index contributed by atoms with van der Waals surface area (Å²) < 4.78 is 5.06. The minimum atomic E-state index is -0.789. The van der Waals surface area contributed by atoms with Crippen molar-refractivity contribution in [2.45, 2.75) is 25.9 Å². The highest BCUT2D eigenvalue weighted by molar-refractivity contribution is 5.87. The van der Waals surface area contributed by atoms with Gasteiger partial charge in [-0.25, -0.2) is 0 Å². The lowest BCUT2D eigenvalue weighted by Crippen LogP contribution is -2.19. The van der Waals surface area contributed by atoms with Crippen molar-refractivity contribution in [1.82, 2.24) is 0 Å². The average Bonchev–Trinajstić information content (AvgIpc) is 2.15. The van der Waals surface area contributed by atoms with Crippen molar-refractivity contribution >= 4 is 5.78 Å². The molecule has 0 heterocycles. The first-order valence-corrected chi connectivity index (χ1v) is 4.70. The van der Waals surface area contributed by atoms with Crippen molar-refractivity contribution in [3.05, 3.63) is 12.2 Å². The molecule has 0 aromatic heterocycles. The Balaban J connectivity index is 3.18. The van der Waals surface area contributed by atoms with Crippen molar-refractivity contribution in [2.24, 2.45) is 0 Å². The number of hydrogen-bond donors (Lipinski definition) is 2. The Hall–Kier alpha value is -0.710. The first-order valence-electron chi connectivity index (χ1n) is 4.70. The number of hydrogen-bond acceptors (Lipinski definition) is 4. The van der Waals surface area contributed by atoms with Crippen LogP contribution in [0.15, 0.2) is 12.2 Å². The summed E-state index contributed by atoms with van der Waals surface area (Å²) >= 11 is 0. The van der Waals surface area contributed by atoms with Crippen LogP contribution in [0.3, 0.4) is 0 Å². The zero-order chi connectivity index (χ0) is 10.8. The zero-order valence-electron chi connectivity index (χ0n) is 8.48. The van der Waals surface area contributed by atoms with Gasteiger partial charge >= 0.3 is 0 Å². The first kappa shape index (κ1) is 13.3. The van der Waals surface area contributed by atoms with Gasteiger partial charge in [0.1, 0.15) is 6.10 Å². The Kier molecular flexibility index (Phi) is 8.42. The maximum Gasteiger partial charge on any atom is 0.152 e. The maximum absolute atomic E-state index is 10.5. The summed E-state index contributed by atoms with van der Waals surface area (Å²) in [6.45, 7) is 1.92. The Labute approximate surface area is 84.2 Å². The van der Waals surface area contributed by atoms with Crippen LogP contribution in [0.5, 0.6) is 0 Å². The number of aliphatic hydroxyl groups excluding tert-OH is 2. The topological polar surface area (TPSA) is 66.8 Å². The minimum absolute atomic E-state index is 0.0432. The summed E-state index contributed by atoms with van der Waals surface area (Å²) in [5.41, 5.74) is 0. The number of ether oxygens (including phenoxy) is 1. The van der Waals surface area contributed by atoms with E-state index in [4.69, 9.17) is 14.9 Å². The predicted octanol–water partition coefficient (Wildman–Crippen LogP) is 0.282. The van der Waals surface area contributed by atoms with Crippen LogP contribution in [0.4, 0.5) is 0 Å². The quantitative estimate of drug-likeness (QED) is 0.438. The average molecular weight is 202 g/mol. The largest absolute Gasteiger partial charge is 0.394 e. The van der Waals surface area contributed by atoms with Gasteiger partial charge in [0.25, 0.3) is 0 Å². The third-order valence-corrected chi connectivity index (χ3v) is 1.53. The molecule has 0 aromatic rings. The molecular weight excluding hydrogens is 184 g/mol. The summed E-state index contributed by atoms with van der Waals surface area (Å²) in [5, 5.41) is 17.4. The molecule has 0 amide bonds. The highest BCUT2D eigenvalue weighted by Crippen LogP contribution is 1.93. The molecule has 0 aliphatic carbocycles. The lowest BCUT2D eigenvalue weighted by atomic mass is 10.3. The molecule has 4 heteroatoms. The molecular formula is C10H18O4. The van der Waals surface area contributed by atoms with Gasteiger partial charge in [0.15, 0.2) is 5.78 Å². The molecule has 0 aliphatic rings. The van der Waals surface area contributed by atoms with Crippen LogP contribution >= 0.6 is 0 Å². The monoisotopic (exact) mass is 202 g/mol. The molecule has 0 saturated heterocycles. The molecule has 0 saturated carbocycles. The number of allylic oxidation sites excluding steroid dienone is 2. The molecule has 1 atom stereocenters. The summed E-state index contributed by atoms with van der Waals surface area (Å²) in [6.07, 6.45) is 4.13. The van der Waals surface area contributed by atoms with E-state index in [1.54, 1.807) is 6.08 Å². The zero-order valence-corrected chi connectivity index (χ0v) is 8.48. The lowest BCUT2D eigenvalue weighted by molar-refractivity contribution is -0.112. The van der Waals surface area contributed by atoms with Gasteiger partial charge in [-0.05, 0) is 25.8 Å². The number of rotatable bonds is 8. The van der Waals surface area contributed by atoms with E-state index < -0.39 is 6.10 Å². The number of unbranched alkanes of at least 4 members (excludes halogenated alkanes) is 1. The molecule has 0 rings (SSSR count). The van der Waals surface area contributed by atoms with E-state index in [1.165, 1.54) is 13.0 Å². The van der Waals surface area contributed by atoms with Crippen molar-refractivity contribution in [1.29, 1.82) is 0 Å². The molecule has 0 aliphatic heterocycles. The second kappa shape index (κ2) is 8.87. The second-order valence-corrected chi connectivity index (χ2v) is 3.07. The van der Waals surface area contributed by atoms with E-state index in [0.29, 0.717) is 6.61 Å². The SMILES string of the molecule is CC(=O)/C=C/CCCOC[C@H](O)CO. The van der Waals surface area contributed by atoms with Gasteiger partial charge in [-0.15, -0.1) is 0 Å². The fraction of sp³-hybridized carbons (Fsp3) is 0.700. The molecule has 0 spiro atoms. The van der Waals surface area contributed by atoms with Crippen LogP contribution in [-0.2, 0) is 9.53 Å². The lowest BCUT2D eigenvalue weighted by Gasteiger charge is -2.06. The summed E-state index contributed by atoms with van der Waals surface area (Å²) in [7, 11) is 0. The maximum atomic E-state index is 10.5. The molecule has 0 bridgehead atoms. The van der Waals surface area contributed by atoms with E-state index in [-0.39, 0.29) is 19.0 Å². The molecule has 0 unspecified atom stereocenters. The Morgan fingerprint density at radius 1 is 1.57 bits per heavy atom. The van der Waals surface area contributed by atoms with Crippen molar-refractivity contribution in [3.8, 4) is 0 Å². The normalized spacial score (nSPS) is 13.4. The molecule has 2 N–H and O–H groups in total. The number of aliphatic hydroxyl groups is 2. The van der Waals surface area contributed by atoms with Gasteiger partial charge in [-0.1, -0.05) is 6.08 Å². The van der Waals surface area contributed by atoms with Crippen molar-refractivity contribution < 1.29 is 19.7 Å². The number of carbonyl (C=O) groups is 1. The summed E-state index contributed by atoms with van der Waals surface area (Å²) in [5.74, 6) is 0.0432. The van der Waals surface area contributed by atoms with E-state index in [0.717, 1.165) is 12.8 Å². The van der Waals surface area contributed by atoms with Crippen LogP contribution in [0.1, 0.15) is 19.8 Å². The fourth-order valence-corrected chi connectivity index (χ4v) is 0.825. The predicted molar refractivity (Wildman–Crippen MR) is 53.0 cm³/mol. The number of ketones is 1. The summed E-state index contributed by atoms with van der Waals surface area (Å²) in [4.78, 5) is 10.5. The number of carbonyl (C=O) groups excluding carboxylic acids is 1. The van der Waals surface area contributed by atoms with Gasteiger partial charge < -0.3 is 14.9 Å². The van der Waals surface area contributed by atoms with Crippen molar-refractivity contribution in [3.63, 3.8) is 0 Å². The fourth-order valence-electron chi connectivity index (χ4n) is 0.825. The standard InChI is InChI=1S/C10H18O4/c1-9(12)5-3-2-4-6-14-8-10(13)7-11/h3,5,10-11,13H,2,4,6-8H2,1H3/b5-3+/t10-/m1/s1. The molecule has 0 fully saturated rings. The van der Waals surface area contributed by atoms with Gasteiger partial charge in [-0.3, -0.25) is 4.79 Å². The third kappa shape index (κ3) is 9.38. The van der Waals surface area contributed by atoms with E-state index in [1.807, 2.05) is 0 Å². The van der Waals surface area contributed by atoms with E-state index in [2.05, 4.69) is 0 Å². The first-order chi connectivity index (χ1) is 6.66. The van der Waals surface area contributed by atoms with Crippen LogP contribution < -0.4 is 0 Å². The van der Waals surface area contributed by atoms with Gasteiger partial charge in [-0.2, -0.15) is 0 Å². The summed E-state index contributed by atoms with van der Waals surface area (Å²) in [6, 6.07) is 0. The minimum Gasteiger partial charge on any atom is -0.394 e. The third-order valence-electron chi connectivity index (χ3n) is 1.53. The van der Waals surface area contributed by atoms with Crippen LogP contribution in [0, 0.1) is 0 Å².